The van der Waals surface area contributed by atoms with E-state index in [-0.39, 0.29) is 0 Å². The molecule has 2 aromatic heterocycles. The van der Waals surface area contributed by atoms with Crippen LogP contribution in [0.5, 0.6) is 0 Å². The molecule has 86 valence electrons. The molecule has 0 aliphatic heterocycles. The van der Waals surface area contributed by atoms with E-state index in [1.165, 1.54) is 16.0 Å². The quantitative estimate of drug-likeness (QED) is 0.883. The Hall–Kier alpha value is -1.13. The molecule has 3 nitrogen and oxygen atoms in total. The molecule has 2 aromatic rings. The Morgan fingerprint density at radius 3 is 2.94 bits per heavy atom. The van der Waals surface area contributed by atoms with Gasteiger partial charge in [-0.1, -0.05) is 0 Å². The lowest BCUT2D eigenvalue weighted by Crippen LogP contribution is -2.03. The summed E-state index contributed by atoms with van der Waals surface area (Å²) < 4.78 is 1.99. The topological polar surface area (TPSA) is 29.9 Å². The van der Waals surface area contributed by atoms with Crippen LogP contribution in [0, 0.1) is 6.92 Å². The molecule has 0 bridgehead atoms. The van der Waals surface area contributed by atoms with Gasteiger partial charge in [0.2, 0.25) is 0 Å². The molecule has 0 spiro atoms. The Morgan fingerprint density at radius 1 is 1.50 bits per heavy atom. The van der Waals surface area contributed by atoms with Gasteiger partial charge in [-0.15, -0.1) is 11.3 Å². The molecule has 1 N–H and O–H groups in total. The van der Waals surface area contributed by atoms with E-state index in [1.54, 1.807) is 11.3 Å². The van der Waals surface area contributed by atoms with Gasteiger partial charge >= 0.3 is 0 Å². The van der Waals surface area contributed by atoms with E-state index in [1.807, 2.05) is 11.7 Å². The van der Waals surface area contributed by atoms with Crippen LogP contribution in [0.25, 0.3) is 10.4 Å². The van der Waals surface area contributed by atoms with Gasteiger partial charge in [0.15, 0.2) is 0 Å². The minimum Gasteiger partial charge on any atom is -0.316 e. The largest absolute Gasteiger partial charge is 0.316 e. The van der Waals surface area contributed by atoms with Gasteiger partial charge in [-0.25, -0.2) is 0 Å². The Morgan fingerprint density at radius 2 is 2.31 bits per heavy atom. The van der Waals surface area contributed by atoms with Crippen molar-refractivity contribution in [1.29, 1.82) is 0 Å². The normalized spacial score (nSPS) is 10.9. The van der Waals surface area contributed by atoms with Gasteiger partial charge in [0.1, 0.15) is 0 Å². The lowest BCUT2D eigenvalue weighted by atomic mass is 10.2. The van der Waals surface area contributed by atoms with Gasteiger partial charge in [-0.2, -0.15) is 5.10 Å². The van der Waals surface area contributed by atoms with E-state index in [0.717, 1.165) is 18.8 Å². The minimum absolute atomic E-state index is 0.926. The molecule has 0 amide bonds. The SMILES string of the molecule is CCn1cc(-c2cc(CNC)cs2)c(C)n1. The Labute approximate surface area is 100 Å². The predicted octanol–water partition coefficient (Wildman–Crippen LogP) is 2.66. The van der Waals surface area contributed by atoms with Crippen LogP contribution < -0.4 is 5.32 Å². The fraction of sp³-hybridized carbons (Fsp3) is 0.417. The standard InChI is InChI=1S/C12H17N3S/c1-4-15-7-11(9(2)14-15)12-5-10(6-13-3)8-16-12/h5,7-8,13H,4,6H2,1-3H3. The van der Waals surface area contributed by atoms with E-state index in [0.29, 0.717) is 0 Å². The third kappa shape index (κ3) is 2.18. The maximum absolute atomic E-state index is 4.47. The molecule has 0 aliphatic carbocycles. The summed E-state index contributed by atoms with van der Waals surface area (Å²) in [6.07, 6.45) is 2.13. The summed E-state index contributed by atoms with van der Waals surface area (Å²) in [5.74, 6) is 0. The van der Waals surface area contributed by atoms with Crippen molar-refractivity contribution in [3.8, 4) is 10.4 Å². The van der Waals surface area contributed by atoms with Crippen LogP contribution in [0.2, 0.25) is 0 Å². The van der Waals surface area contributed by atoms with Crippen LogP contribution >= 0.6 is 11.3 Å². The fourth-order valence-electron chi connectivity index (χ4n) is 1.74. The maximum Gasteiger partial charge on any atom is 0.0680 e. The highest BCUT2D eigenvalue weighted by Gasteiger charge is 2.09. The van der Waals surface area contributed by atoms with Gasteiger partial charge in [0, 0.05) is 29.7 Å². The van der Waals surface area contributed by atoms with Gasteiger partial charge in [-0.05, 0) is 37.9 Å². The van der Waals surface area contributed by atoms with Crippen LogP contribution in [0.1, 0.15) is 18.2 Å². The highest BCUT2D eigenvalue weighted by atomic mass is 32.1. The summed E-state index contributed by atoms with van der Waals surface area (Å²) in [6, 6.07) is 2.24. The Bertz CT molecular complexity index is 470. The van der Waals surface area contributed by atoms with Crippen molar-refractivity contribution in [2.24, 2.45) is 0 Å². The van der Waals surface area contributed by atoms with Crippen LogP contribution in [0.15, 0.2) is 17.6 Å². The van der Waals surface area contributed by atoms with Gasteiger partial charge in [-0.3, -0.25) is 4.68 Å². The smallest absolute Gasteiger partial charge is 0.0680 e. The van der Waals surface area contributed by atoms with Crippen molar-refractivity contribution in [3.05, 3.63) is 28.9 Å². The minimum atomic E-state index is 0.926. The van der Waals surface area contributed by atoms with Crippen LogP contribution in [-0.2, 0) is 13.1 Å². The number of rotatable bonds is 4. The molecule has 0 unspecified atom stereocenters. The predicted molar refractivity (Wildman–Crippen MR) is 68.7 cm³/mol. The number of hydrogen-bond acceptors (Lipinski definition) is 3. The van der Waals surface area contributed by atoms with Crippen molar-refractivity contribution in [1.82, 2.24) is 15.1 Å². The second kappa shape index (κ2) is 4.80. The fourth-order valence-corrected chi connectivity index (χ4v) is 2.71. The molecular formula is C12H17N3S. The first-order valence-corrected chi connectivity index (χ1v) is 6.39. The molecule has 0 radical (unpaired) electrons. The first kappa shape index (κ1) is 11.4. The Balaban J connectivity index is 2.30. The summed E-state index contributed by atoms with van der Waals surface area (Å²) in [7, 11) is 1.97. The second-order valence-electron chi connectivity index (χ2n) is 3.83. The lowest BCUT2D eigenvalue weighted by Gasteiger charge is -1.93. The van der Waals surface area contributed by atoms with Gasteiger partial charge in [0.05, 0.1) is 5.69 Å². The molecule has 2 heterocycles. The maximum atomic E-state index is 4.47. The number of nitrogens with zero attached hydrogens (tertiary/aromatic N) is 2. The van der Waals surface area contributed by atoms with E-state index >= 15 is 0 Å². The average molecular weight is 235 g/mol. The first-order chi connectivity index (χ1) is 7.74. The van der Waals surface area contributed by atoms with Crippen molar-refractivity contribution in [2.45, 2.75) is 26.9 Å². The zero-order chi connectivity index (χ0) is 11.5. The second-order valence-corrected chi connectivity index (χ2v) is 4.74. The zero-order valence-corrected chi connectivity index (χ0v) is 10.8. The molecular weight excluding hydrogens is 218 g/mol. The molecule has 4 heteroatoms. The summed E-state index contributed by atoms with van der Waals surface area (Å²) in [4.78, 5) is 1.31. The Kier molecular flexibility index (Phi) is 3.41. The highest BCUT2D eigenvalue weighted by Crippen LogP contribution is 2.29. The third-order valence-electron chi connectivity index (χ3n) is 2.57. The van der Waals surface area contributed by atoms with Crippen molar-refractivity contribution in [2.75, 3.05) is 7.05 Å². The van der Waals surface area contributed by atoms with Gasteiger partial charge in [0.25, 0.3) is 0 Å². The molecule has 0 saturated carbocycles. The lowest BCUT2D eigenvalue weighted by molar-refractivity contribution is 0.653. The van der Waals surface area contributed by atoms with Crippen LogP contribution in [0.3, 0.4) is 0 Å². The summed E-state index contributed by atoms with van der Waals surface area (Å²) >= 11 is 1.79. The molecule has 0 atom stereocenters. The number of hydrogen-bond donors (Lipinski definition) is 1. The molecule has 2 rings (SSSR count). The average Bonchev–Trinajstić information content (AvgIpc) is 2.85. The van der Waals surface area contributed by atoms with E-state index < -0.39 is 0 Å². The third-order valence-corrected chi connectivity index (χ3v) is 3.58. The van der Waals surface area contributed by atoms with Crippen molar-refractivity contribution < 1.29 is 0 Å². The number of aromatic nitrogens is 2. The number of nitrogens with one attached hydrogen (secondary N) is 1. The summed E-state index contributed by atoms with van der Waals surface area (Å²) in [6.45, 7) is 6.03. The first-order valence-electron chi connectivity index (χ1n) is 5.51. The van der Waals surface area contributed by atoms with E-state index in [4.69, 9.17) is 0 Å². The molecule has 0 fully saturated rings. The summed E-state index contributed by atoms with van der Waals surface area (Å²) in [5.41, 5.74) is 3.71. The molecule has 0 saturated heterocycles. The van der Waals surface area contributed by atoms with Crippen molar-refractivity contribution in [3.63, 3.8) is 0 Å². The monoisotopic (exact) mass is 235 g/mol. The summed E-state index contributed by atoms with van der Waals surface area (Å²) in [5, 5.41) is 9.84. The molecule has 16 heavy (non-hydrogen) atoms. The van der Waals surface area contributed by atoms with E-state index in [2.05, 4.69) is 41.9 Å². The van der Waals surface area contributed by atoms with Gasteiger partial charge < -0.3 is 5.32 Å². The van der Waals surface area contributed by atoms with Crippen LogP contribution in [-0.4, -0.2) is 16.8 Å². The zero-order valence-electron chi connectivity index (χ0n) is 9.95. The number of thiophene rings is 1. The van der Waals surface area contributed by atoms with Crippen LogP contribution in [0.4, 0.5) is 0 Å². The highest BCUT2D eigenvalue weighted by molar-refractivity contribution is 7.13. The molecule has 0 aromatic carbocycles. The van der Waals surface area contributed by atoms with Crippen molar-refractivity contribution >= 4 is 11.3 Å². The number of aryl methyl sites for hydroxylation is 2. The molecule has 0 aliphatic rings. The van der Waals surface area contributed by atoms with E-state index in [9.17, 15) is 0 Å².